The van der Waals surface area contributed by atoms with Crippen LogP contribution in [0.25, 0.3) is 0 Å². The minimum Gasteiger partial charge on any atom is -0.394 e. The molecule has 2 atom stereocenters. The van der Waals surface area contributed by atoms with E-state index < -0.39 is 12.1 Å². The van der Waals surface area contributed by atoms with Gasteiger partial charge in [0.05, 0.1) is 18.8 Å². The van der Waals surface area contributed by atoms with Crippen molar-refractivity contribution in [1.29, 1.82) is 0 Å². The van der Waals surface area contributed by atoms with Crippen LogP contribution < -0.4 is 5.32 Å². The molecule has 0 bridgehead atoms. The van der Waals surface area contributed by atoms with Crippen LogP contribution >= 0.6 is 0 Å². The van der Waals surface area contributed by atoms with E-state index in [2.05, 4.69) is 31.3 Å². The summed E-state index contributed by atoms with van der Waals surface area (Å²) in [6.45, 7) is 4.31. The summed E-state index contributed by atoms with van der Waals surface area (Å²) in [5.74, 6) is -0.0657. The molecule has 0 spiro atoms. The van der Waals surface area contributed by atoms with Crippen LogP contribution in [0.15, 0.2) is 24.3 Å². The Morgan fingerprint density at radius 2 is 0.826 bits per heavy atom. The molecule has 1 amide bonds. The van der Waals surface area contributed by atoms with Crippen molar-refractivity contribution in [2.45, 2.75) is 231 Å². The number of amides is 1. The first-order valence-corrected chi connectivity index (χ1v) is 20.6. The number of hydrogen-bond donors (Lipinski definition) is 3. The van der Waals surface area contributed by atoms with Gasteiger partial charge in [-0.1, -0.05) is 192 Å². The van der Waals surface area contributed by atoms with E-state index in [1.807, 2.05) is 6.08 Å². The van der Waals surface area contributed by atoms with E-state index in [1.54, 1.807) is 6.08 Å². The molecule has 0 aliphatic heterocycles. The molecule has 0 aliphatic rings. The number of rotatable bonds is 37. The maximum atomic E-state index is 12.3. The first kappa shape index (κ1) is 44.9. The quantitative estimate of drug-likeness (QED) is 0.0464. The minimum absolute atomic E-state index is 0.0657. The van der Waals surface area contributed by atoms with Gasteiger partial charge in [-0.25, -0.2) is 0 Å². The third kappa shape index (κ3) is 34.2. The Bertz CT molecular complexity index is 661. The lowest BCUT2D eigenvalue weighted by Gasteiger charge is -2.20. The number of unbranched alkanes of at least 4 members (excludes halogenated alkanes) is 28. The van der Waals surface area contributed by atoms with E-state index in [0.717, 1.165) is 25.7 Å². The van der Waals surface area contributed by atoms with E-state index in [4.69, 9.17) is 0 Å². The maximum Gasteiger partial charge on any atom is 0.220 e. The van der Waals surface area contributed by atoms with Gasteiger partial charge < -0.3 is 15.5 Å². The first-order chi connectivity index (χ1) is 22.7. The molecule has 0 saturated carbocycles. The van der Waals surface area contributed by atoms with Crippen LogP contribution in [0.2, 0.25) is 0 Å². The fraction of sp³-hybridized carbons (Fsp3) is 0.881. The summed E-state index contributed by atoms with van der Waals surface area (Å²) >= 11 is 0. The van der Waals surface area contributed by atoms with Crippen LogP contribution in [0.5, 0.6) is 0 Å². The van der Waals surface area contributed by atoms with Crippen molar-refractivity contribution in [2.24, 2.45) is 0 Å². The van der Waals surface area contributed by atoms with Crippen molar-refractivity contribution in [2.75, 3.05) is 6.61 Å². The second-order valence-corrected chi connectivity index (χ2v) is 14.1. The smallest absolute Gasteiger partial charge is 0.220 e. The van der Waals surface area contributed by atoms with Crippen molar-refractivity contribution in [3.05, 3.63) is 24.3 Å². The summed E-state index contributed by atoms with van der Waals surface area (Å²) in [5, 5.41) is 23.0. The minimum atomic E-state index is -0.836. The lowest BCUT2D eigenvalue weighted by atomic mass is 10.0. The second kappa shape index (κ2) is 38.3. The molecular formula is C42H81NO3. The highest BCUT2D eigenvalue weighted by atomic mass is 16.3. The standard InChI is InChI=1S/C42H81NO3/c1-3-5-7-9-11-13-15-17-19-20-21-22-24-26-28-30-32-34-36-38-42(46)43-40(39-44)41(45)37-35-33-31-29-27-25-23-18-16-14-12-10-8-6-4-2/h17,19,35,37,40-41,44-45H,3-16,18,20-34,36,38-39H2,1-2H3,(H,43,46)/b19-17+,37-35+/t40-,41+/m0/s1. The van der Waals surface area contributed by atoms with Gasteiger partial charge in [-0.3, -0.25) is 4.79 Å². The first-order valence-electron chi connectivity index (χ1n) is 20.6. The lowest BCUT2D eigenvalue weighted by molar-refractivity contribution is -0.123. The Labute approximate surface area is 288 Å². The zero-order valence-electron chi connectivity index (χ0n) is 31.1. The van der Waals surface area contributed by atoms with Crippen molar-refractivity contribution in [3.63, 3.8) is 0 Å². The largest absolute Gasteiger partial charge is 0.394 e. The molecule has 0 unspecified atom stereocenters. The van der Waals surface area contributed by atoms with Crippen molar-refractivity contribution in [1.82, 2.24) is 5.32 Å². The van der Waals surface area contributed by atoms with Gasteiger partial charge in [0.1, 0.15) is 0 Å². The molecule has 0 aromatic rings. The topological polar surface area (TPSA) is 69.6 Å². The lowest BCUT2D eigenvalue weighted by Crippen LogP contribution is -2.45. The van der Waals surface area contributed by atoms with Crippen molar-refractivity contribution < 1.29 is 15.0 Å². The molecule has 0 rings (SSSR count). The van der Waals surface area contributed by atoms with Gasteiger partial charge in [-0.05, 0) is 44.9 Å². The molecule has 4 nitrogen and oxygen atoms in total. The SMILES string of the molecule is CCCCCCCC/C=C/CCCCCCCCCCCC(=O)N[C@@H](CO)[C@H](O)/C=C/CCCCCCCCCCCCCCC. The molecule has 46 heavy (non-hydrogen) atoms. The van der Waals surface area contributed by atoms with Crippen LogP contribution in [0.1, 0.15) is 219 Å². The third-order valence-corrected chi connectivity index (χ3v) is 9.43. The third-order valence-electron chi connectivity index (χ3n) is 9.43. The van der Waals surface area contributed by atoms with E-state index in [9.17, 15) is 15.0 Å². The normalized spacial score (nSPS) is 13.2. The fourth-order valence-corrected chi connectivity index (χ4v) is 6.23. The summed E-state index contributed by atoms with van der Waals surface area (Å²) in [5.41, 5.74) is 0. The number of carbonyl (C=O) groups is 1. The van der Waals surface area contributed by atoms with Gasteiger partial charge in [-0.15, -0.1) is 0 Å². The van der Waals surface area contributed by atoms with Crippen LogP contribution in [0, 0.1) is 0 Å². The van der Waals surface area contributed by atoms with Gasteiger partial charge >= 0.3 is 0 Å². The maximum absolute atomic E-state index is 12.3. The monoisotopic (exact) mass is 648 g/mol. The number of nitrogens with one attached hydrogen (secondary N) is 1. The van der Waals surface area contributed by atoms with Gasteiger partial charge in [0.25, 0.3) is 0 Å². The zero-order valence-corrected chi connectivity index (χ0v) is 31.1. The van der Waals surface area contributed by atoms with Gasteiger partial charge in [0.15, 0.2) is 0 Å². The van der Waals surface area contributed by atoms with E-state index in [0.29, 0.717) is 6.42 Å². The number of hydrogen-bond acceptors (Lipinski definition) is 3. The van der Waals surface area contributed by atoms with Gasteiger partial charge in [-0.2, -0.15) is 0 Å². The van der Waals surface area contributed by atoms with Gasteiger partial charge in [0.2, 0.25) is 5.91 Å². The van der Waals surface area contributed by atoms with E-state index in [-0.39, 0.29) is 12.5 Å². The zero-order chi connectivity index (χ0) is 33.6. The molecule has 0 aromatic carbocycles. The van der Waals surface area contributed by atoms with Crippen LogP contribution in [-0.2, 0) is 4.79 Å². The average molecular weight is 648 g/mol. The number of aliphatic hydroxyl groups excluding tert-OH is 2. The highest BCUT2D eigenvalue weighted by Crippen LogP contribution is 2.14. The summed E-state index contributed by atoms with van der Waals surface area (Å²) in [6.07, 6.45) is 48.4. The number of allylic oxidation sites excluding steroid dienone is 3. The predicted octanol–water partition coefficient (Wildman–Crippen LogP) is 12.5. The van der Waals surface area contributed by atoms with Crippen molar-refractivity contribution >= 4 is 5.91 Å². The summed E-state index contributed by atoms with van der Waals surface area (Å²) < 4.78 is 0. The Hall–Kier alpha value is -1.13. The van der Waals surface area contributed by atoms with Gasteiger partial charge in [0, 0.05) is 6.42 Å². The molecular weight excluding hydrogens is 566 g/mol. The molecule has 0 aromatic heterocycles. The van der Waals surface area contributed by atoms with Crippen molar-refractivity contribution in [3.8, 4) is 0 Å². The molecule has 4 heteroatoms. The van der Waals surface area contributed by atoms with Crippen LogP contribution in [0.3, 0.4) is 0 Å². The predicted molar refractivity (Wildman–Crippen MR) is 202 cm³/mol. The second-order valence-electron chi connectivity index (χ2n) is 14.1. The Morgan fingerprint density at radius 1 is 0.500 bits per heavy atom. The summed E-state index contributed by atoms with van der Waals surface area (Å²) in [6, 6.07) is -0.619. The summed E-state index contributed by atoms with van der Waals surface area (Å²) in [4.78, 5) is 12.3. The molecule has 0 radical (unpaired) electrons. The average Bonchev–Trinajstić information content (AvgIpc) is 3.06. The van der Waals surface area contributed by atoms with E-state index in [1.165, 1.54) is 173 Å². The molecule has 0 fully saturated rings. The number of carbonyl (C=O) groups excluding carboxylic acids is 1. The fourth-order valence-electron chi connectivity index (χ4n) is 6.23. The Balaban J connectivity index is 3.57. The van der Waals surface area contributed by atoms with Crippen LogP contribution in [0.4, 0.5) is 0 Å². The molecule has 0 saturated heterocycles. The Morgan fingerprint density at radius 3 is 1.20 bits per heavy atom. The number of aliphatic hydroxyl groups is 2. The highest BCUT2D eigenvalue weighted by Gasteiger charge is 2.17. The molecule has 3 N–H and O–H groups in total. The highest BCUT2D eigenvalue weighted by molar-refractivity contribution is 5.76. The van der Waals surface area contributed by atoms with Crippen LogP contribution in [-0.4, -0.2) is 34.9 Å². The molecule has 272 valence electrons. The molecule has 0 heterocycles. The Kier molecular flexibility index (Phi) is 37.4. The van der Waals surface area contributed by atoms with E-state index >= 15 is 0 Å². The summed E-state index contributed by atoms with van der Waals surface area (Å²) in [7, 11) is 0. The molecule has 0 aliphatic carbocycles.